The Bertz CT molecular complexity index is 591. The van der Waals surface area contributed by atoms with Gasteiger partial charge in [-0.2, -0.15) is 5.10 Å². The summed E-state index contributed by atoms with van der Waals surface area (Å²) < 4.78 is 2.10. The van der Waals surface area contributed by atoms with Crippen LogP contribution in [-0.2, 0) is 5.33 Å². The summed E-state index contributed by atoms with van der Waals surface area (Å²) in [5.74, 6) is 2.02. The second-order valence-corrected chi connectivity index (χ2v) is 6.17. The van der Waals surface area contributed by atoms with Crippen LogP contribution >= 0.6 is 15.9 Å². The van der Waals surface area contributed by atoms with Gasteiger partial charge in [-0.15, -0.1) is 0 Å². The Hall–Kier alpha value is -1.29. The molecule has 0 radical (unpaired) electrons. The first-order chi connectivity index (χ1) is 9.70. The van der Waals surface area contributed by atoms with Crippen LogP contribution in [0.5, 0.6) is 0 Å². The number of anilines is 1. The number of benzene rings is 1. The maximum absolute atomic E-state index is 4.77. The van der Waals surface area contributed by atoms with Gasteiger partial charge in [0.2, 0.25) is 0 Å². The molecule has 0 aliphatic carbocycles. The van der Waals surface area contributed by atoms with Crippen molar-refractivity contribution in [3.05, 3.63) is 41.6 Å². The third-order valence-corrected chi connectivity index (χ3v) is 4.58. The van der Waals surface area contributed by atoms with Crippen LogP contribution in [0.25, 0.3) is 5.69 Å². The summed E-state index contributed by atoms with van der Waals surface area (Å²) in [6.07, 6.45) is 1.26. The molecule has 3 rings (SSSR count). The first-order valence-electron chi connectivity index (χ1n) is 7.15. The van der Waals surface area contributed by atoms with Crippen LogP contribution in [0.1, 0.15) is 24.6 Å². The fourth-order valence-corrected chi connectivity index (χ4v) is 3.56. The summed E-state index contributed by atoms with van der Waals surface area (Å²) in [4.78, 5) is 2.48. The fraction of sp³-hybridized carbons (Fsp3) is 0.438. The van der Waals surface area contributed by atoms with E-state index in [2.05, 4.69) is 63.6 Å². The lowest BCUT2D eigenvalue weighted by Crippen LogP contribution is -2.23. The maximum atomic E-state index is 4.77. The van der Waals surface area contributed by atoms with Gasteiger partial charge in [-0.25, -0.2) is 4.68 Å². The molecule has 4 heteroatoms. The van der Waals surface area contributed by atoms with Crippen molar-refractivity contribution in [1.29, 1.82) is 0 Å². The summed E-state index contributed by atoms with van der Waals surface area (Å²) in [7, 11) is 0. The first kappa shape index (κ1) is 13.7. The van der Waals surface area contributed by atoms with E-state index in [9.17, 15) is 0 Å². The molecule has 0 bridgehead atoms. The molecule has 3 nitrogen and oxygen atoms in total. The molecule has 106 valence electrons. The van der Waals surface area contributed by atoms with E-state index in [1.54, 1.807) is 0 Å². The van der Waals surface area contributed by atoms with Crippen LogP contribution in [0.3, 0.4) is 0 Å². The molecular formula is C16H20BrN3. The Kier molecular flexibility index (Phi) is 3.83. The summed E-state index contributed by atoms with van der Waals surface area (Å²) in [6.45, 7) is 6.67. The van der Waals surface area contributed by atoms with Crippen molar-refractivity contribution >= 4 is 21.7 Å². The Morgan fingerprint density at radius 3 is 2.65 bits per heavy atom. The highest BCUT2D eigenvalue weighted by molar-refractivity contribution is 9.08. The number of hydrogen-bond acceptors (Lipinski definition) is 2. The van der Waals surface area contributed by atoms with Gasteiger partial charge in [-0.05, 0) is 31.4 Å². The molecule has 0 N–H and O–H groups in total. The molecule has 0 saturated carbocycles. The van der Waals surface area contributed by atoms with E-state index >= 15 is 0 Å². The normalized spacial score (nSPS) is 18.8. The fourth-order valence-electron chi connectivity index (χ4n) is 2.91. The van der Waals surface area contributed by atoms with E-state index < -0.39 is 0 Å². The zero-order valence-corrected chi connectivity index (χ0v) is 13.6. The smallest absolute Gasteiger partial charge is 0.136 e. The molecule has 1 fully saturated rings. The quantitative estimate of drug-likeness (QED) is 0.793. The lowest BCUT2D eigenvalue weighted by molar-refractivity contribution is 0.657. The molecule has 1 aliphatic rings. The number of para-hydroxylation sites is 1. The molecule has 1 aromatic carbocycles. The zero-order valence-electron chi connectivity index (χ0n) is 12.0. The Morgan fingerprint density at radius 2 is 2.05 bits per heavy atom. The van der Waals surface area contributed by atoms with Crippen LogP contribution < -0.4 is 4.90 Å². The highest BCUT2D eigenvalue weighted by Gasteiger charge is 2.26. The molecule has 1 aliphatic heterocycles. The summed E-state index contributed by atoms with van der Waals surface area (Å²) in [5, 5.41) is 5.62. The van der Waals surface area contributed by atoms with Crippen molar-refractivity contribution in [2.24, 2.45) is 5.92 Å². The van der Waals surface area contributed by atoms with Crippen LogP contribution in [-0.4, -0.2) is 22.9 Å². The summed E-state index contributed by atoms with van der Waals surface area (Å²) >= 11 is 3.63. The predicted octanol–water partition coefficient (Wildman–Crippen LogP) is 3.92. The van der Waals surface area contributed by atoms with E-state index in [-0.39, 0.29) is 0 Å². The predicted molar refractivity (Wildman–Crippen MR) is 86.9 cm³/mol. The van der Waals surface area contributed by atoms with Crippen molar-refractivity contribution in [1.82, 2.24) is 9.78 Å². The summed E-state index contributed by atoms with van der Waals surface area (Å²) in [5.41, 5.74) is 3.56. The van der Waals surface area contributed by atoms with Crippen molar-refractivity contribution < 1.29 is 0 Å². The third kappa shape index (κ3) is 2.37. The maximum Gasteiger partial charge on any atom is 0.136 e. The highest BCUT2D eigenvalue weighted by atomic mass is 79.9. The second-order valence-electron chi connectivity index (χ2n) is 5.61. The van der Waals surface area contributed by atoms with Gasteiger partial charge in [-0.3, -0.25) is 0 Å². The minimum atomic E-state index is 0.762. The minimum absolute atomic E-state index is 0.762. The van der Waals surface area contributed by atoms with Gasteiger partial charge >= 0.3 is 0 Å². The lowest BCUT2D eigenvalue weighted by Gasteiger charge is -2.21. The van der Waals surface area contributed by atoms with Gasteiger partial charge in [0.05, 0.1) is 11.4 Å². The SMILES string of the molecule is Cc1nn(-c2ccccc2)c(N2CCC(C)C2)c1CBr. The highest BCUT2D eigenvalue weighted by Crippen LogP contribution is 2.32. The average Bonchev–Trinajstić information content (AvgIpc) is 3.03. The standard InChI is InChI=1S/C16H20BrN3/c1-12-8-9-19(11-12)16-15(10-17)13(2)18-20(16)14-6-4-3-5-7-14/h3-7,12H,8-11H2,1-2H3. The Balaban J connectivity index is 2.10. The van der Waals surface area contributed by atoms with Crippen molar-refractivity contribution in [2.45, 2.75) is 25.6 Å². The lowest BCUT2D eigenvalue weighted by atomic mass is 10.2. The molecule has 1 saturated heterocycles. The molecule has 0 spiro atoms. The molecule has 0 amide bonds. The summed E-state index contributed by atoms with van der Waals surface area (Å²) in [6, 6.07) is 10.4. The van der Waals surface area contributed by atoms with Crippen LogP contribution in [0.4, 0.5) is 5.82 Å². The first-order valence-corrected chi connectivity index (χ1v) is 8.27. The minimum Gasteiger partial charge on any atom is -0.356 e. The molecule has 2 heterocycles. The number of halogens is 1. The van der Waals surface area contributed by atoms with Gasteiger partial charge in [0.25, 0.3) is 0 Å². The van der Waals surface area contributed by atoms with Crippen molar-refractivity contribution in [2.75, 3.05) is 18.0 Å². The number of hydrogen-bond donors (Lipinski definition) is 0. The molecule has 2 aromatic rings. The molecule has 1 aromatic heterocycles. The Morgan fingerprint density at radius 1 is 1.30 bits per heavy atom. The van der Waals surface area contributed by atoms with E-state index in [1.807, 2.05) is 6.07 Å². The van der Waals surface area contributed by atoms with Gasteiger partial charge in [-0.1, -0.05) is 41.1 Å². The largest absolute Gasteiger partial charge is 0.356 e. The number of aromatic nitrogens is 2. The topological polar surface area (TPSA) is 21.1 Å². The Labute approximate surface area is 128 Å². The van der Waals surface area contributed by atoms with Gasteiger partial charge in [0.15, 0.2) is 0 Å². The van der Waals surface area contributed by atoms with Gasteiger partial charge in [0, 0.05) is 24.0 Å². The van der Waals surface area contributed by atoms with Crippen molar-refractivity contribution in [3.8, 4) is 5.69 Å². The van der Waals surface area contributed by atoms with Crippen LogP contribution in [0, 0.1) is 12.8 Å². The monoisotopic (exact) mass is 333 g/mol. The second kappa shape index (κ2) is 5.60. The number of aryl methyl sites for hydroxylation is 1. The molecule has 20 heavy (non-hydrogen) atoms. The number of alkyl halides is 1. The number of nitrogens with zero attached hydrogens (tertiary/aromatic N) is 3. The zero-order chi connectivity index (χ0) is 14.1. The van der Waals surface area contributed by atoms with Gasteiger partial charge in [0.1, 0.15) is 5.82 Å². The van der Waals surface area contributed by atoms with Crippen LogP contribution in [0.2, 0.25) is 0 Å². The van der Waals surface area contributed by atoms with E-state index in [0.29, 0.717) is 0 Å². The molecule has 1 atom stereocenters. The van der Waals surface area contributed by atoms with Crippen molar-refractivity contribution in [3.63, 3.8) is 0 Å². The van der Waals surface area contributed by atoms with Gasteiger partial charge < -0.3 is 4.90 Å². The number of rotatable bonds is 3. The molecular weight excluding hydrogens is 314 g/mol. The van der Waals surface area contributed by atoms with E-state index in [4.69, 9.17) is 5.10 Å². The third-order valence-electron chi connectivity index (χ3n) is 4.02. The van der Waals surface area contributed by atoms with E-state index in [1.165, 1.54) is 17.8 Å². The van der Waals surface area contributed by atoms with Crippen LogP contribution in [0.15, 0.2) is 30.3 Å². The van der Waals surface area contributed by atoms with E-state index in [0.717, 1.165) is 35.7 Å². The molecule has 1 unspecified atom stereocenters. The average molecular weight is 334 g/mol.